The van der Waals surface area contributed by atoms with Crippen molar-refractivity contribution in [3.05, 3.63) is 0 Å². The Kier molecular flexibility index (Phi) is 3.88. The van der Waals surface area contributed by atoms with Gasteiger partial charge in [-0.25, -0.2) is 0 Å². The van der Waals surface area contributed by atoms with Gasteiger partial charge in [-0.15, -0.1) is 0 Å². The van der Waals surface area contributed by atoms with Crippen molar-refractivity contribution >= 4 is 11.8 Å². The standard InChI is InChI=1S/C15H26N2O2/c1-11-6-5-7-16(9-11)14(19)12-8-13(18)17(10-12)15(2,3)4/h11-12H,5-10H2,1-4H3/t11-,12+/m0/s1. The van der Waals surface area contributed by atoms with E-state index in [2.05, 4.69) is 6.92 Å². The van der Waals surface area contributed by atoms with Crippen molar-refractivity contribution < 1.29 is 9.59 Å². The first-order valence-electron chi connectivity index (χ1n) is 7.38. The number of likely N-dealkylation sites (tertiary alicyclic amines) is 2. The monoisotopic (exact) mass is 266 g/mol. The number of rotatable bonds is 1. The van der Waals surface area contributed by atoms with Crippen LogP contribution in [0.2, 0.25) is 0 Å². The Hall–Kier alpha value is -1.06. The minimum absolute atomic E-state index is 0.121. The lowest BCUT2D eigenvalue weighted by Gasteiger charge is -2.34. The fourth-order valence-electron chi connectivity index (χ4n) is 3.17. The van der Waals surface area contributed by atoms with Crippen LogP contribution in [0, 0.1) is 11.8 Å². The van der Waals surface area contributed by atoms with Crippen LogP contribution in [0.5, 0.6) is 0 Å². The SMILES string of the molecule is C[C@H]1CCCN(C(=O)[C@@H]2CC(=O)N(C(C)(C)C)C2)C1. The first-order valence-corrected chi connectivity index (χ1v) is 7.38. The summed E-state index contributed by atoms with van der Waals surface area (Å²) in [6.45, 7) is 10.6. The highest BCUT2D eigenvalue weighted by molar-refractivity contribution is 5.89. The molecule has 0 aliphatic carbocycles. The largest absolute Gasteiger partial charge is 0.342 e. The van der Waals surface area contributed by atoms with Crippen LogP contribution in [0.15, 0.2) is 0 Å². The number of carbonyl (C=O) groups is 2. The van der Waals surface area contributed by atoms with E-state index in [4.69, 9.17) is 0 Å². The van der Waals surface area contributed by atoms with Gasteiger partial charge in [0.15, 0.2) is 0 Å². The molecule has 2 amide bonds. The summed E-state index contributed by atoms with van der Waals surface area (Å²) in [5.41, 5.74) is -0.179. The minimum atomic E-state index is -0.179. The Bertz CT molecular complexity index is 373. The van der Waals surface area contributed by atoms with Gasteiger partial charge in [0.05, 0.1) is 5.92 Å². The fraction of sp³-hybridized carbons (Fsp3) is 0.867. The second-order valence-corrected chi connectivity index (χ2v) is 7.11. The van der Waals surface area contributed by atoms with E-state index in [1.165, 1.54) is 6.42 Å². The van der Waals surface area contributed by atoms with Crippen molar-refractivity contribution in [2.45, 2.75) is 52.5 Å². The summed E-state index contributed by atoms with van der Waals surface area (Å²) in [5, 5.41) is 0. The second-order valence-electron chi connectivity index (χ2n) is 7.11. The number of piperidine rings is 1. The molecule has 0 spiro atoms. The molecule has 4 nitrogen and oxygen atoms in total. The average Bonchev–Trinajstić information content (AvgIpc) is 2.70. The Balaban J connectivity index is 2.00. The van der Waals surface area contributed by atoms with E-state index in [1.54, 1.807) is 0 Å². The first kappa shape index (κ1) is 14.4. The summed E-state index contributed by atoms with van der Waals surface area (Å²) in [4.78, 5) is 28.4. The quantitative estimate of drug-likeness (QED) is 0.727. The molecule has 2 rings (SSSR count). The van der Waals surface area contributed by atoms with Gasteiger partial charge in [0, 0.05) is 31.6 Å². The van der Waals surface area contributed by atoms with Crippen molar-refractivity contribution in [2.24, 2.45) is 11.8 Å². The molecular formula is C15H26N2O2. The highest BCUT2D eigenvalue weighted by Crippen LogP contribution is 2.28. The number of carbonyl (C=O) groups excluding carboxylic acids is 2. The molecule has 0 unspecified atom stereocenters. The molecule has 2 saturated heterocycles. The summed E-state index contributed by atoms with van der Waals surface area (Å²) in [6.07, 6.45) is 2.69. The molecule has 4 heteroatoms. The Morgan fingerprint density at radius 1 is 1.26 bits per heavy atom. The molecule has 2 heterocycles. The smallest absolute Gasteiger partial charge is 0.228 e. The van der Waals surface area contributed by atoms with Gasteiger partial charge < -0.3 is 9.80 Å². The van der Waals surface area contributed by atoms with E-state index < -0.39 is 0 Å². The predicted octanol–water partition coefficient (Wildman–Crippen LogP) is 1.89. The maximum absolute atomic E-state index is 12.5. The van der Waals surface area contributed by atoms with Gasteiger partial charge in [-0.05, 0) is 39.5 Å². The van der Waals surface area contributed by atoms with Gasteiger partial charge in [-0.3, -0.25) is 9.59 Å². The normalized spacial score (nSPS) is 28.9. The van der Waals surface area contributed by atoms with Crippen LogP contribution in [0.4, 0.5) is 0 Å². The van der Waals surface area contributed by atoms with Crippen LogP contribution in [-0.4, -0.2) is 46.8 Å². The highest BCUT2D eigenvalue weighted by Gasteiger charge is 2.41. The highest BCUT2D eigenvalue weighted by atomic mass is 16.2. The maximum atomic E-state index is 12.5. The van der Waals surface area contributed by atoms with Gasteiger partial charge in [-0.1, -0.05) is 6.92 Å². The first-order chi connectivity index (χ1) is 8.79. The van der Waals surface area contributed by atoms with E-state index in [0.717, 1.165) is 19.5 Å². The van der Waals surface area contributed by atoms with Gasteiger partial charge in [0.25, 0.3) is 0 Å². The van der Waals surface area contributed by atoms with E-state index in [1.807, 2.05) is 30.6 Å². The van der Waals surface area contributed by atoms with Crippen molar-refractivity contribution in [2.75, 3.05) is 19.6 Å². The molecule has 108 valence electrons. The molecular weight excluding hydrogens is 240 g/mol. The van der Waals surface area contributed by atoms with Gasteiger partial charge in [0.2, 0.25) is 11.8 Å². The van der Waals surface area contributed by atoms with Crippen molar-refractivity contribution in [3.63, 3.8) is 0 Å². The summed E-state index contributed by atoms with van der Waals surface area (Å²) in [7, 11) is 0. The van der Waals surface area contributed by atoms with Gasteiger partial charge in [-0.2, -0.15) is 0 Å². The lowest BCUT2D eigenvalue weighted by molar-refractivity contribution is -0.137. The van der Waals surface area contributed by atoms with Crippen LogP contribution in [-0.2, 0) is 9.59 Å². The summed E-state index contributed by atoms with van der Waals surface area (Å²) in [6, 6.07) is 0. The molecule has 2 aliphatic rings. The van der Waals surface area contributed by atoms with Crippen molar-refractivity contribution in [1.29, 1.82) is 0 Å². The van der Waals surface area contributed by atoms with Crippen LogP contribution < -0.4 is 0 Å². The summed E-state index contributed by atoms with van der Waals surface area (Å²) >= 11 is 0. The van der Waals surface area contributed by atoms with E-state index in [9.17, 15) is 9.59 Å². The zero-order valence-electron chi connectivity index (χ0n) is 12.6. The molecule has 2 aliphatic heterocycles. The van der Waals surface area contributed by atoms with E-state index in [0.29, 0.717) is 18.9 Å². The van der Waals surface area contributed by atoms with Crippen molar-refractivity contribution in [3.8, 4) is 0 Å². The Labute approximate surface area is 116 Å². The molecule has 0 bridgehead atoms. The molecule has 0 aromatic rings. The number of amides is 2. The number of nitrogens with zero attached hydrogens (tertiary/aromatic N) is 2. The Morgan fingerprint density at radius 2 is 1.95 bits per heavy atom. The number of hydrogen-bond acceptors (Lipinski definition) is 2. The minimum Gasteiger partial charge on any atom is -0.342 e. The van der Waals surface area contributed by atoms with Crippen LogP contribution in [0.1, 0.15) is 47.0 Å². The third kappa shape index (κ3) is 3.10. The summed E-state index contributed by atoms with van der Waals surface area (Å²) in [5.74, 6) is 0.771. The zero-order chi connectivity index (χ0) is 14.2. The lowest BCUT2D eigenvalue weighted by Crippen LogP contribution is -2.45. The van der Waals surface area contributed by atoms with Crippen LogP contribution in [0.3, 0.4) is 0 Å². The molecule has 0 radical (unpaired) electrons. The van der Waals surface area contributed by atoms with Crippen molar-refractivity contribution in [1.82, 2.24) is 9.80 Å². The predicted molar refractivity (Wildman–Crippen MR) is 74.6 cm³/mol. The lowest BCUT2D eigenvalue weighted by atomic mass is 9.98. The number of hydrogen-bond donors (Lipinski definition) is 0. The van der Waals surface area contributed by atoms with E-state index >= 15 is 0 Å². The zero-order valence-corrected chi connectivity index (χ0v) is 12.6. The summed E-state index contributed by atoms with van der Waals surface area (Å²) < 4.78 is 0. The van der Waals surface area contributed by atoms with Crippen LogP contribution >= 0.6 is 0 Å². The average molecular weight is 266 g/mol. The molecule has 0 aromatic heterocycles. The molecule has 19 heavy (non-hydrogen) atoms. The Morgan fingerprint density at radius 3 is 2.47 bits per heavy atom. The van der Waals surface area contributed by atoms with E-state index in [-0.39, 0.29) is 23.3 Å². The molecule has 2 fully saturated rings. The third-order valence-electron chi connectivity index (χ3n) is 4.25. The molecule has 0 aromatic carbocycles. The molecule has 0 N–H and O–H groups in total. The maximum Gasteiger partial charge on any atom is 0.228 e. The van der Waals surface area contributed by atoms with Gasteiger partial charge in [0.1, 0.15) is 0 Å². The fourth-order valence-corrected chi connectivity index (χ4v) is 3.17. The molecule has 0 saturated carbocycles. The third-order valence-corrected chi connectivity index (χ3v) is 4.25. The molecule has 2 atom stereocenters. The topological polar surface area (TPSA) is 40.6 Å². The van der Waals surface area contributed by atoms with Gasteiger partial charge >= 0.3 is 0 Å². The van der Waals surface area contributed by atoms with Crippen LogP contribution in [0.25, 0.3) is 0 Å². The second kappa shape index (κ2) is 5.14.